The third kappa shape index (κ3) is 25.8. The Morgan fingerprint density at radius 2 is 0.643 bits per heavy atom. The molecule has 4 fully saturated rings. The normalized spacial score (nSPS) is 24.5. The van der Waals surface area contributed by atoms with Gasteiger partial charge in [0, 0.05) is 19.7 Å². The summed E-state index contributed by atoms with van der Waals surface area (Å²) < 4.78 is 146. The minimum absolute atomic E-state index is 0. The predicted molar refractivity (Wildman–Crippen MR) is 491 cm³/mol. The molecule has 8 aliphatic rings. The van der Waals surface area contributed by atoms with Crippen molar-refractivity contribution < 1.29 is 160 Å². The average Bonchev–Trinajstić information content (AvgIpc) is 1.47. The van der Waals surface area contributed by atoms with Crippen molar-refractivity contribution in [1.82, 2.24) is 0 Å². The molecule has 14 rings (SSSR count). The molecule has 0 unspecified atom stereocenters. The number of hydrogen-bond acceptors (Lipinski definition) is 18. The van der Waals surface area contributed by atoms with E-state index in [2.05, 4.69) is 217 Å². The van der Waals surface area contributed by atoms with Crippen LogP contribution in [0.1, 0.15) is 192 Å². The first-order valence-corrected chi connectivity index (χ1v) is 50.3. The summed E-state index contributed by atoms with van der Waals surface area (Å²) in [5.41, 5.74) is -0.704. The molecule has 4 saturated heterocycles. The monoisotopic (exact) mass is 2080 g/mol. The van der Waals surface area contributed by atoms with Crippen LogP contribution < -0.4 is 74.8 Å². The van der Waals surface area contributed by atoms with Crippen LogP contribution in [-0.2, 0) is 94.6 Å². The fourth-order valence-corrected chi connectivity index (χ4v) is 33.6. The molecule has 3 N–H and O–H groups in total. The van der Waals surface area contributed by atoms with Crippen LogP contribution in [0.3, 0.4) is 0 Å². The van der Waals surface area contributed by atoms with E-state index in [0.29, 0.717) is 23.9 Å². The van der Waals surface area contributed by atoms with Gasteiger partial charge in [0.2, 0.25) is 0 Å². The van der Waals surface area contributed by atoms with Gasteiger partial charge in [-0.3, -0.25) is 0 Å². The molecule has 0 aromatic heterocycles. The van der Waals surface area contributed by atoms with Gasteiger partial charge in [-0.1, -0.05) is 311 Å². The van der Waals surface area contributed by atoms with Gasteiger partial charge in [0.05, 0.1) is 6.10 Å². The Morgan fingerprint density at radius 1 is 0.429 bits per heavy atom. The van der Waals surface area contributed by atoms with Crippen molar-refractivity contribution in [2.24, 2.45) is 0 Å². The number of rotatable bonds is 17. The van der Waals surface area contributed by atoms with Gasteiger partial charge in [-0.2, -0.15) is 27.0 Å². The van der Waals surface area contributed by atoms with Crippen molar-refractivity contribution in [3.63, 3.8) is 0 Å². The molecule has 6 aromatic rings. The van der Waals surface area contributed by atoms with Crippen molar-refractivity contribution in [2.75, 3.05) is 0 Å². The summed E-state index contributed by atoms with van der Waals surface area (Å²) in [5, 5.41) is 37.3. The summed E-state index contributed by atoms with van der Waals surface area (Å²) in [4.78, 5) is 0. The molecule has 0 radical (unpaired) electrons. The van der Waals surface area contributed by atoms with Crippen LogP contribution in [0.2, 0.25) is 15.1 Å². The topological polar surface area (TPSA) is 213 Å². The maximum absolute atomic E-state index is 15.8. The van der Waals surface area contributed by atoms with Crippen LogP contribution in [0.25, 0.3) is 0 Å². The van der Waals surface area contributed by atoms with Crippen LogP contribution in [0, 0.1) is 6.42 Å². The summed E-state index contributed by atoms with van der Waals surface area (Å²) in [7, 11) is -14.1. The number of halogens is 8. The molecule has 0 saturated carbocycles. The first kappa shape index (κ1) is 118. The molecule has 126 heavy (non-hydrogen) atoms. The molecule has 0 bridgehead atoms. The van der Waals surface area contributed by atoms with Gasteiger partial charge in [-0.25, -0.2) is 4.39 Å². The molecule has 12 atom stereocenters. The first-order valence-electron chi connectivity index (χ1n) is 41.3. The number of hydrogen-bond donors (Lipinski definition) is 3. The molecule has 17 nitrogen and oxygen atoms in total. The van der Waals surface area contributed by atoms with Crippen molar-refractivity contribution in [1.29, 1.82) is 0 Å². The molecule has 4 aliphatic heterocycles. The number of ether oxygens (including phenoxy) is 8. The van der Waals surface area contributed by atoms with Crippen LogP contribution in [0.4, 0.5) is 17.6 Å². The summed E-state index contributed by atoms with van der Waals surface area (Å²) in [6.07, 6.45) is 0.581. The molecular weight excluding hydrogens is 1960 g/mol. The second kappa shape index (κ2) is 48.3. The Hall–Kier alpha value is -2.45. The second-order valence-electron chi connectivity index (χ2n) is 35.8. The fraction of sp³-hybridized carbons (Fsp3) is 0.516. The number of aliphatic hydroxyl groups is 1. The Morgan fingerprint density at radius 3 is 0.897 bits per heavy atom. The molecule has 0 amide bonds. The Bertz CT molecular complexity index is 4340. The minimum atomic E-state index is -5.08. The summed E-state index contributed by atoms with van der Waals surface area (Å²) in [6, 6.07) is 62.9. The summed E-state index contributed by atoms with van der Waals surface area (Å²) in [5.74, 6) is -2.94. The van der Waals surface area contributed by atoms with Crippen LogP contribution in [-0.4, -0.2) is 172 Å². The number of benzene rings is 6. The van der Waals surface area contributed by atoms with E-state index in [1.165, 1.54) is 15.9 Å². The maximum atomic E-state index is 15.8. The molecule has 0 spiro atoms. The van der Waals surface area contributed by atoms with Crippen molar-refractivity contribution in [3.05, 3.63) is 231 Å². The van der Waals surface area contributed by atoms with E-state index in [1.54, 1.807) is 21.0 Å². The second-order valence-corrected chi connectivity index (χ2v) is 51.2. The van der Waals surface area contributed by atoms with E-state index >= 15 is 4.39 Å². The van der Waals surface area contributed by atoms with E-state index in [4.69, 9.17) is 62.8 Å². The molecule has 33 heteroatoms. The number of alkyl halides is 3. The van der Waals surface area contributed by atoms with E-state index in [9.17, 15) is 28.3 Å². The van der Waals surface area contributed by atoms with Gasteiger partial charge >= 0.3 is 78.8 Å². The SMILES string of the molecule is C.CCC1=C(B(O)O)[C@H](O[Si](c2ccccc2)(c2ccccc2)C(C)(C)C)[C@@H]2OC(C)(C)O[C@H]12.CCC1=C(Br)[C@H](O)[C@@H]2OC(C)(C)O[C@H]12.CCC1=C(Br)[C@H](O[Si](c2ccccc2)(c2ccccc2)C(C)(C)C)[C@@H]2OC(C)(C)O[C@H]12.CCC1=C(F)[C@H](O[Si](c2ccccc2)(c2ccccc2)C(C)(C)C)[C@@H]2OC(C)(C)O[C@H]12.C[CH-]C.O=[S-](=O)C(F)(F)F.[Cl-].[Cl-].[Li+].[Mg+2].[O]=[Ag]. The van der Waals surface area contributed by atoms with E-state index in [0.717, 1.165) is 53.7 Å². The first-order chi connectivity index (χ1) is 56.5. The van der Waals surface area contributed by atoms with E-state index in [1.807, 2.05) is 162 Å². The van der Waals surface area contributed by atoms with Crippen LogP contribution >= 0.6 is 31.9 Å². The quantitative estimate of drug-likeness (QED) is 0.0336. The van der Waals surface area contributed by atoms with Crippen LogP contribution in [0.15, 0.2) is 225 Å². The number of aliphatic hydroxyl groups excluding tert-OH is 1. The molecule has 6 aromatic carbocycles. The standard InChI is InChI=1S/C26H35BO5Si.C26H33BrO3Si.C26H33FO3Si.C10H15BrO3.C3H7.CF3O2S.CH4.Ag.2ClH.Li.Mg.O/c1-7-20-21(27(28)29)23(24-22(20)30-26(5,6)31-24)32-33(25(2,3)4,18-14-10-8-11-15-18)19-16-12-9-13-17-19;2*1-7-20-21(27)23(24-22(20)28-26(5,6)29-24)30-31(25(2,3)4,18-14-10-8-11-15-18)19-16-12-9-13-17-19;1-4-5-6(11)7(12)9-8(5)13-10(2,3)14-9;1-3-2;2-1(3,4)7(5)6;;;;;;;/h8-17,22-24,28-29H,7H2,1-6H3;2*8-17,22-24H,7H2,1-6H3;7-9,12H,4H2,1-3H3;3H,1-2H3;;1H4;;2*1H;;;/q;;;;2*-1;;;;;+1;+2;/p-2/t3*22-,23+,24-;7-,8+,9-;;;;;;;;;/m1110........./s1. The van der Waals surface area contributed by atoms with E-state index in [-0.39, 0.29) is 132 Å². The third-order valence-electron chi connectivity index (χ3n) is 22.6. The molecular formula is C93H127AgBBr2Cl2F4LiMgO17SSi3-. The molecule has 4 heterocycles. The van der Waals surface area contributed by atoms with Gasteiger partial charge < -0.3 is 106 Å². The predicted octanol–water partition coefficient (Wildman–Crippen LogP) is 8.94. The zero-order valence-corrected chi connectivity index (χ0v) is 87.6. The molecule has 4 aliphatic carbocycles. The average molecular weight is 2090 g/mol. The van der Waals surface area contributed by atoms with Crippen LogP contribution in [0.5, 0.6) is 0 Å². The zero-order valence-electron chi connectivity index (χ0n) is 76.2. The van der Waals surface area contributed by atoms with Gasteiger partial charge in [0.15, 0.2) is 23.1 Å². The van der Waals surface area contributed by atoms with Crippen molar-refractivity contribution in [2.45, 2.75) is 309 Å². The van der Waals surface area contributed by atoms with E-state index < -0.39 is 108 Å². The van der Waals surface area contributed by atoms with Gasteiger partial charge in [-0.15, -0.1) is 0 Å². The van der Waals surface area contributed by atoms with Gasteiger partial charge in [-0.05, 0) is 155 Å². The third-order valence-corrected chi connectivity index (χ3v) is 40.0. The zero-order chi connectivity index (χ0) is 90.2. The summed E-state index contributed by atoms with van der Waals surface area (Å²) >= 11 is 9.00. The number of fused-ring (bicyclic) bond motifs is 4. The Labute approximate surface area is 821 Å². The Balaban J connectivity index is 0.000000420. The van der Waals surface area contributed by atoms with Gasteiger partial charge in [0.25, 0.3) is 25.0 Å². The van der Waals surface area contributed by atoms with Crippen molar-refractivity contribution >= 4 is 129 Å². The van der Waals surface area contributed by atoms with Crippen molar-refractivity contribution in [3.8, 4) is 0 Å². The molecule has 693 valence electrons. The Kier molecular flexibility index (Phi) is 45.2. The fourth-order valence-electron chi connectivity index (χ4n) is 17.9. The summed E-state index contributed by atoms with van der Waals surface area (Å²) in [6.45, 7) is 47.6. The van der Waals surface area contributed by atoms with Gasteiger partial charge in [0.1, 0.15) is 73.0 Å².